The first-order valence-corrected chi connectivity index (χ1v) is 7.57. The standard InChI is InChI=1S/C18H20N2O5/c1-24-15-9-8-14(10-16(15)25-2)19-18(23)20(12-17(21)22)11-13-6-4-3-5-7-13/h3-10H,11-12H2,1-2H3,(H,19,23)(H,21,22). The Morgan fingerprint density at radius 1 is 1.04 bits per heavy atom. The fourth-order valence-corrected chi connectivity index (χ4v) is 2.28. The van der Waals surface area contributed by atoms with Crippen LogP contribution in [0.3, 0.4) is 0 Å². The van der Waals surface area contributed by atoms with Crippen molar-refractivity contribution in [1.82, 2.24) is 4.90 Å². The summed E-state index contributed by atoms with van der Waals surface area (Å²) in [7, 11) is 3.01. The van der Waals surface area contributed by atoms with Gasteiger partial charge in [0, 0.05) is 18.3 Å². The Hall–Kier alpha value is -3.22. The molecule has 132 valence electrons. The molecule has 0 aliphatic rings. The first kappa shape index (κ1) is 18.1. The largest absolute Gasteiger partial charge is 0.493 e. The highest BCUT2D eigenvalue weighted by atomic mass is 16.5. The lowest BCUT2D eigenvalue weighted by Crippen LogP contribution is -2.38. The first-order chi connectivity index (χ1) is 12.0. The van der Waals surface area contributed by atoms with E-state index in [4.69, 9.17) is 14.6 Å². The van der Waals surface area contributed by atoms with Crippen LogP contribution in [0.25, 0.3) is 0 Å². The highest BCUT2D eigenvalue weighted by Crippen LogP contribution is 2.29. The van der Waals surface area contributed by atoms with Crippen LogP contribution < -0.4 is 14.8 Å². The van der Waals surface area contributed by atoms with Gasteiger partial charge in [0.2, 0.25) is 0 Å². The molecule has 0 aliphatic heterocycles. The molecule has 7 nitrogen and oxygen atoms in total. The number of carboxylic acid groups (broad SMARTS) is 1. The number of carboxylic acids is 1. The molecule has 0 unspecified atom stereocenters. The third kappa shape index (κ3) is 5.13. The van der Waals surface area contributed by atoms with E-state index in [2.05, 4.69) is 5.32 Å². The lowest BCUT2D eigenvalue weighted by molar-refractivity contribution is -0.137. The molecule has 25 heavy (non-hydrogen) atoms. The van der Waals surface area contributed by atoms with E-state index >= 15 is 0 Å². The van der Waals surface area contributed by atoms with Crippen molar-refractivity contribution in [2.75, 3.05) is 26.1 Å². The zero-order valence-electron chi connectivity index (χ0n) is 14.1. The highest BCUT2D eigenvalue weighted by Gasteiger charge is 2.18. The van der Waals surface area contributed by atoms with Gasteiger partial charge in [-0.2, -0.15) is 0 Å². The second-order valence-corrected chi connectivity index (χ2v) is 5.24. The Kier molecular flexibility index (Phi) is 6.22. The smallest absolute Gasteiger partial charge is 0.323 e. The minimum Gasteiger partial charge on any atom is -0.493 e. The van der Waals surface area contributed by atoms with Gasteiger partial charge in [-0.3, -0.25) is 4.79 Å². The van der Waals surface area contributed by atoms with E-state index in [-0.39, 0.29) is 6.54 Å². The number of carbonyl (C=O) groups excluding carboxylic acids is 1. The Balaban J connectivity index is 2.14. The van der Waals surface area contributed by atoms with E-state index in [1.54, 1.807) is 18.2 Å². The zero-order valence-corrected chi connectivity index (χ0v) is 14.1. The minimum atomic E-state index is -1.08. The molecule has 0 radical (unpaired) electrons. The van der Waals surface area contributed by atoms with E-state index in [9.17, 15) is 9.59 Å². The number of hydrogen-bond donors (Lipinski definition) is 2. The molecule has 0 heterocycles. The van der Waals surface area contributed by atoms with Crippen LogP contribution in [-0.4, -0.2) is 42.8 Å². The molecule has 0 atom stereocenters. The Morgan fingerprint density at radius 2 is 1.72 bits per heavy atom. The molecular formula is C18H20N2O5. The molecule has 0 spiro atoms. The minimum absolute atomic E-state index is 0.187. The number of anilines is 1. The van der Waals surface area contributed by atoms with Crippen LogP contribution in [0, 0.1) is 0 Å². The van der Waals surface area contributed by atoms with Gasteiger partial charge in [0.1, 0.15) is 6.54 Å². The van der Waals surface area contributed by atoms with Gasteiger partial charge in [-0.05, 0) is 17.7 Å². The molecule has 0 aliphatic carbocycles. The van der Waals surface area contributed by atoms with Gasteiger partial charge >= 0.3 is 12.0 Å². The summed E-state index contributed by atoms with van der Waals surface area (Å²) in [6, 6.07) is 13.6. The molecule has 2 aromatic carbocycles. The van der Waals surface area contributed by atoms with Crippen LogP contribution in [-0.2, 0) is 11.3 Å². The van der Waals surface area contributed by atoms with Crippen molar-refractivity contribution in [1.29, 1.82) is 0 Å². The van der Waals surface area contributed by atoms with Crippen LogP contribution >= 0.6 is 0 Å². The average molecular weight is 344 g/mol. The number of ether oxygens (including phenoxy) is 2. The van der Waals surface area contributed by atoms with Gasteiger partial charge in [-0.15, -0.1) is 0 Å². The maximum absolute atomic E-state index is 12.5. The lowest BCUT2D eigenvalue weighted by Gasteiger charge is -2.21. The number of carbonyl (C=O) groups is 2. The predicted molar refractivity (Wildman–Crippen MR) is 93.1 cm³/mol. The van der Waals surface area contributed by atoms with Crippen molar-refractivity contribution in [3.63, 3.8) is 0 Å². The van der Waals surface area contributed by atoms with Gasteiger partial charge in [0.25, 0.3) is 0 Å². The Morgan fingerprint density at radius 3 is 2.32 bits per heavy atom. The number of aliphatic carboxylic acids is 1. The second-order valence-electron chi connectivity index (χ2n) is 5.24. The number of nitrogens with zero attached hydrogens (tertiary/aromatic N) is 1. The summed E-state index contributed by atoms with van der Waals surface area (Å²) in [6.07, 6.45) is 0. The van der Waals surface area contributed by atoms with Crippen LogP contribution in [0.2, 0.25) is 0 Å². The van der Waals surface area contributed by atoms with Crippen LogP contribution in [0.4, 0.5) is 10.5 Å². The van der Waals surface area contributed by atoms with Gasteiger partial charge in [0.05, 0.1) is 14.2 Å². The summed E-state index contributed by atoms with van der Waals surface area (Å²) in [5.74, 6) is -0.0845. The van der Waals surface area contributed by atoms with E-state index < -0.39 is 18.5 Å². The maximum Gasteiger partial charge on any atom is 0.323 e. The van der Waals surface area contributed by atoms with Gasteiger partial charge < -0.3 is 24.8 Å². The van der Waals surface area contributed by atoms with Crippen molar-refractivity contribution >= 4 is 17.7 Å². The van der Waals surface area contributed by atoms with Gasteiger partial charge in [-0.25, -0.2) is 4.79 Å². The first-order valence-electron chi connectivity index (χ1n) is 7.57. The molecule has 0 fully saturated rings. The average Bonchev–Trinajstić information content (AvgIpc) is 2.61. The monoisotopic (exact) mass is 344 g/mol. The molecule has 2 amide bonds. The van der Waals surface area contributed by atoms with E-state index in [1.165, 1.54) is 19.1 Å². The highest BCUT2D eigenvalue weighted by molar-refractivity contribution is 5.91. The van der Waals surface area contributed by atoms with E-state index in [0.29, 0.717) is 17.2 Å². The van der Waals surface area contributed by atoms with Crippen LogP contribution in [0.5, 0.6) is 11.5 Å². The molecular weight excluding hydrogens is 324 g/mol. The molecule has 2 N–H and O–H groups in total. The topological polar surface area (TPSA) is 88.1 Å². The SMILES string of the molecule is COc1ccc(NC(=O)N(CC(=O)O)Cc2ccccc2)cc1OC. The summed E-state index contributed by atoms with van der Waals surface area (Å²) in [4.78, 5) is 24.8. The van der Waals surface area contributed by atoms with Crippen molar-refractivity contribution in [3.05, 3.63) is 54.1 Å². The predicted octanol–water partition coefficient (Wildman–Crippen LogP) is 2.82. The zero-order chi connectivity index (χ0) is 18.2. The molecule has 2 rings (SSSR count). The summed E-state index contributed by atoms with van der Waals surface area (Å²) in [5, 5.41) is 11.8. The van der Waals surface area contributed by atoms with E-state index in [0.717, 1.165) is 5.56 Å². The van der Waals surface area contributed by atoms with Crippen molar-refractivity contribution < 1.29 is 24.2 Å². The number of amides is 2. The summed E-state index contributed by atoms with van der Waals surface area (Å²) in [5.41, 5.74) is 1.32. The number of benzene rings is 2. The molecule has 2 aromatic rings. The summed E-state index contributed by atoms with van der Waals surface area (Å²) in [6.45, 7) is -0.222. The van der Waals surface area contributed by atoms with Crippen molar-refractivity contribution in [3.8, 4) is 11.5 Å². The molecule has 0 bridgehead atoms. The third-order valence-corrected chi connectivity index (χ3v) is 3.46. The molecule has 7 heteroatoms. The number of rotatable bonds is 7. The van der Waals surface area contributed by atoms with Gasteiger partial charge in [0.15, 0.2) is 11.5 Å². The van der Waals surface area contributed by atoms with Gasteiger partial charge in [-0.1, -0.05) is 30.3 Å². The normalized spacial score (nSPS) is 10.0. The fraction of sp³-hybridized carbons (Fsp3) is 0.222. The summed E-state index contributed by atoms with van der Waals surface area (Å²) < 4.78 is 10.3. The molecule has 0 aromatic heterocycles. The number of methoxy groups -OCH3 is 2. The van der Waals surface area contributed by atoms with Crippen LogP contribution in [0.15, 0.2) is 48.5 Å². The quantitative estimate of drug-likeness (QED) is 0.806. The maximum atomic E-state index is 12.5. The second kappa shape index (κ2) is 8.58. The Bertz CT molecular complexity index is 734. The Labute approximate surface area is 145 Å². The number of nitrogens with one attached hydrogen (secondary N) is 1. The summed E-state index contributed by atoms with van der Waals surface area (Å²) >= 11 is 0. The fourth-order valence-electron chi connectivity index (χ4n) is 2.28. The number of hydrogen-bond acceptors (Lipinski definition) is 4. The van der Waals surface area contributed by atoms with E-state index in [1.807, 2.05) is 30.3 Å². The number of urea groups is 1. The van der Waals surface area contributed by atoms with Crippen molar-refractivity contribution in [2.45, 2.75) is 6.54 Å². The lowest BCUT2D eigenvalue weighted by atomic mass is 10.2. The third-order valence-electron chi connectivity index (χ3n) is 3.46. The molecule has 0 saturated heterocycles. The van der Waals surface area contributed by atoms with Crippen LogP contribution in [0.1, 0.15) is 5.56 Å². The molecule has 0 saturated carbocycles. The van der Waals surface area contributed by atoms with Crippen molar-refractivity contribution in [2.24, 2.45) is 0 Å².